The highest BCUT2D eigenvalue weighted by Gasteiger charge is 2.40. The molecular weight excluding hydrogens is 474 g/mol. The van der Waals surface area contributed by atoms with Crippen molar-refractivity contribution in [2.75, 3.05) is 18.1 Å². The summed E-state index contributed by atoms with van der Waals surface area (Å²) in [5, 5.41) is 8.10. The molecule has 10 heteroatoms. The van der Waals surface area contributed by atoms with Crippen LogP contribution in [0.2, 0.25) is 0 Å². The highest BCUT2D eigenvalue weighted by Crippen LogP contribution is 2.38. The number of aromatic nitrogens is 4. The lowest BCUT2D eigenvalue weighted by molar-refractivity contribution is -0.0585. The minimum absolute atomic E-state index is 0.0264. The maximum absolute atomic E-state index is 15.3. The normalized spacial score (nSPS) is 14.5. The van der Waals surface area contributed by atoms with Crippen molar-refractivity contribution >= 4 is 28.2 Å². The second-order valence-electron chi connectivity index (χ2n) is 9.34. The van der Waals surface area contributed by atoms with Crippen LogP contribution >= 0.6 is 0 Å². The molecule has 2 aromatic carbocycles. The molecule has 0 spiro atoms. The van der Waals surface area contributed by atoms with Crippen molar-refractivity contribution in [3.8, 4) is 11.8 Å². The van der Waals surface area contributed by atoms with E-state index in [-0.39, 0.29) is 36.7 Å². The Bertz CT molecular complexity index is 1560. The smallest absolute Gasteiger partial charge is 0.261 e. The zero-order valence-corrected chi connectivity index (χ0v) is 20.2. The number of nitrogens with zero attached hydrogens (tertiary/aromatic N) is 5. The van der Waals surface area contributed by atoms with Gasteiger partial charge in [0.1, 0.15) is 11.6 Å². The topological polar surface area (TPSA) is 55.5 Å². The van der Waals surface area contributed by atoms with Gasteiger partial charge in [0.05, 0.1) is 29.5 Å². The molecule has 0 saturated carbocycles. The van der Waals surface area contributed by atoms with Crippen LogP contribution in [0.3, 0.4) is 0 Å². The number of ether oxygens (including phenoxy) is 1. The first-order valence-electron chi connectivity index (χ1n) is 11.4. The molecule has 0 radical (unpaired) electrons. The molecule has 1 aliphatic heterocycles. The fraction of sp³-hybridized carbons (Fsp3) is 0.346. The van der Waals surface area contributed by atoms with E-state index < -0.39 is 23.0 Å². The van der Waals surface area contributed by atoms with Crippen molar-refractivity contribution in [3.05, 3.63) is 58.9 Å². The third-order valence-corrected chi connectivity index (χ3v) is 6.56. The number of benzene rings is 2. The quantitative estimate of drug-likeness (QED) is 0.268. The van der Waals surface area contributed by atoms with Gasteiger partial charge in [-0.1, -0.05) is 17.9 Å². The fourth-order valence-corrected chi connectivity index (χ4v) is 4.09. The third kappa shape index (κ3) is 3.84. The lowest BCUT2D eigenvalue weighted by Gasteiger charge is -2.26. The molecule has 0 bridgehead atoms. The van der Waals surface area contributed by atoms with Crippen LogP contribution in [0.1, 0.15) is 37.7 Å². The molecule has 0 amide bonds. The number of hydrogen-bond acceptors (Lipinski definition) is 5. The molecule has 0 saturated heterocycles. The van der Waals surface area contributed by atoms with Gasteiger partial charge in [0.15, 0.2) is 11.6 Å². The predicted molar refractivity (Wildman–Crippen MR) is 127 cm³/mol. The standard InChI is InChI=1S/C26H23F4N5O/c1-15-32-33-24-31-23(21-20(35(15)24)9-8-18(27)22(21)28)34-12-13-36-14-17-16(6-5-7-19(17)34)10-11-25(2,3)26(4,29)30/h5-9H,12-14H2,1-4H3. The fourth-order valence-electron chi connectivity index (χ4n) is 4.09. The van der Waals surface area contributed by atoms with Crippen molar-refractivity contribution in [2.45, 2.75) is 40.2 Å². The highest BCUT2D eigenvalue weighted by molar-refractivity contribution is 5.94. The Labute approximate surface area is 204 Å². The van der Waals surface area contributed by atoms with E-state index in [1.54, 1.807) is 34.4 Å². The van der Waals surface area contributed by atoms with Gasteiger partial charge >= 0.3 is 0 Å². The lowest BCUT2D eigenvalue weighted by Crippen LogP contribution is -2.31. The molecule has 186 valence electrons. The molecule has 0 unspecified atom stereocenters. The Morgan fingerprint density at radius 2 is 1.83 bits per heavy atom. The Kier molecular flexibility index (Phi) is 5.63. The second-order valence-corrected chi connectivity index (χ2v) is 9.34. The van der Waals surface area contributed by atoms with Crippen LogP contribution in [0.15, 0.2) is 30.3 Å². The maximum atomic E-state index is 15.3. The van der Waals surface area contributed by atoms with Gasteiger partial charge in [0, 0.05) is 30.3 Å². The van der Waals surface area contributed by atoms with Gasteiger partial charge in [-0.25, -0.2) is 17.6 Å². The van der Waals surface area contributed by atoms with E-state index in [1.807, 2.05) is 0 Å². The van der Waals surface area contributed by atoms with Crippen LogP contribution in [0.25, 0.3) is 16.7 Å². The summed E-state index contributed by atoms with van der Waals surface area (Å²) in [6.45, 7) is 6.01. The summed E-state index contributed by atoms with van der Waals surface area (Å²) >= 11 is 0. The molecular formula is C26H23F4N5O. The number of hydrogen-bond donors (Lipinski definition) is 0. The molecule has 0 fully saturated rings. The summed E-state index contributed by atoms with van der Waals surface area (Å²) in [6.07, 6.45) is 0. The van der Waals surface area contributed by atoms with Gasteiger partial charge in [-0.2, -0.15) is 4.98 Å². The van der Waals surface area contributed by atoms with E-state index in [0.717, 1.165) is 13.0 Å². The summed E-state index contributed by atoms with van der Waals surface area (Å²) in [5.41, 5.74) is 0.564. The van der Waals surface area contributed by atoms with Gasteiger partial charge in [-0.15, -0.1) is 10.2 Å². The van der Waals surface area contributed by atoms with Crippen LogP contribution in [-0.4, -0.2) is 38.7 Å². The predicted octanol–water partition coefficient (Wildman–Crippen LogP) is 5.57. The molecule has 6 nitrogen and oxygen atoms in total. The van der Waals surface area contributed by atoms with Crippen molar-refractivity contribution < 1.29 is 22.3 Å². The average molecular weight is 497 g/mol. The van der Waals surface area contributed by atoms with Gasteiger partial charge in [-0.05, 0) is 45.0 Å². The number of halogens is 4. The van der Waals surface area contributed by atoms with E-state index in [2.05, 4.69) is 27.0 Å². The Balaban J connectivity index is 1.74. The third-order valence-electron chi connectivity index (χ3n) is 6.56. The molecule has 4 aromatic rings. The number of rotatable bonds is 2. The number of alkyl halides is 2. The molecule has 5 rings (SSSR count). The lowest BCUT2D eigenvalue weighted by atomic mass is 9.87. The Morgan fingerprint density at radius 3 is 2.58 bits per heavy atom. The number of aryl methyl sites for hydroxylation is 1. The van der Waals surface area contributed by atoms with Gasteiger partial charge in [0.25, 0.3) is 11.7 Å². The monoisotopic (exact) mass is 497 g/mol. The number of fused-ring (bicyclic) bond motifs is 4. The van der Waals surface area contributed by atoms with Gasteiger partial charge in [-0.3, -0.25) is 4.40 Å². The average Bonchev–Trinajstić information content (AvgIpc) is 3.06. The van der Waals surface area contributed by atoms with Crippen molar-refractivity contribution in [1.82, 2.24) is 19.6 Å². The van der Waals surface area contributed by atoms with Crippen LogP contribution in [0, 0.1) is 35.8 Å². The molecule has 0 aliphatic carbocycles. The summed E-state index contributed by atoms with van der Waals surface area (Å²) < 4.78 is 65.1. The zero-order valence-electron chi connectivity index (χ0n) is 20.2. The van der Waals surface area contributed by atoms with Crippen molar-refractivity contribution in [3.63, 3.8) is 0 Å². The number of anilines is 2. The molecule has 0 atom stereocenters. The van der Waals surface area contributed by atoms with E-state index in [9.17, 15) is 13.2 Å². The first-order valence-corrected chi connectivity index (χ1v) is 11.4. The highest BCUT2D eigenvalue weighted by atomic mass is 19.3. The van der Waals surface area contributed by atoms with E-state index in [4.69, 9.17) is 4.74 Å². The SMILES string of the molecule is Cc1nnc2nc(N3CCOCc4c(C#CC(C)(C)C(C)(F)F)cccc43)c3c(F)c(F)ccc3n12. The van der Waals surface area contributed by atoms with Crippen molar-refractivity contribution in [1.29, 1.82) is 0 Å². The maximum Gasteiger partial charge on any atom is 0.261 e. The van der Waals surface area contributed by atoms with Crippen molar-refractivity contribution in [2.24, 2.45) is 5.41 Å². The van der Waals surface area contributed by atoms with Crippen LogP contribution < -0.4 is 4.90 Å². The second kappa shape index (κ2) is 8.45. The molecule has 1 aliphatic rings. The molecule has 2 aromatic heterocycles. The van der Waals surface area contributed by atoms with E-state index in [1.165, 1.54) is 19.9 Å². The molecule has 3 heterocycles. The first kappa shape index (κ1) is 24.0. The summed E-state index contributed by atoms with van der Waals surface area (Å²) in [7, 11) is 0. The summed E-state index contributed by atoms with van der Waals surface area (Å²) in [4.78, 5) is 6.28. The van der Waals surface area contributed by atoms with Gasteiger partial charge < -0.3 is 9.64 Å². The summed E-state index contributed by atoms with van der Waals surface area (Å²) in [6, 6.07) is 7.76. The molecule has 36 heavy (non-hydrogen) atoms. The van der Waals surface area contributed by atoms with Crippen LogP contribution in [-0.2, 0) is 11.3 Å². The minimum Gasteiger partial charge on any atom is -0.375 e. The van der Waals surface area contributed by atoms with Crippen LogP contribution in [0.5, 0.6) is 0 Å². The Morgan fingerprint density at radius 1 is 1.06 bits per heavy atom. The van der Waals surface area contributed by atoms with Crippen LogP contribution in [0.4, 0.5) is 29.1 Å². The zero-order chi connectivity index (χ0) is 25.8. The first-order chi connectivity index (χ1) is 17.0. The van der Waals surface area contributed by atoms with E-state index in [0.29, 0.717) is 28.2 Å². The van der Waals surface area contributed by atoms with E-state index >= 15 is 4.39 Å². The summed E-state index contributed by atoms with van der Waals surface area (Å²) in [5.74, 6) is 1.39. The minimum atomic E-state index is -3.01. The largest absolute Gasteiger partial charge is 0.375 e. The molecule has 0 N–H and O–H groups in total. The van der Waals surface area contributed by atoms with Gasteiger partial charge in [0.2, 0.25) is 0 Å². The Hall–Kier alpha value is -3.71.